The number of amides is 1. The molecule has 0 aromatic heterocycles. The van der Waals surface area contributed by atoms with Gasteiger partial charge < -0.3 is 15.2 Å². The number of phenolic OH excluding ortho intramolecular Hbond substituents is 1. The van der Waals surface area contributed by atoms with Crippen molar-refractivity contribution in [3.63, 3.8) is 0 Å². The lowest BCUT2D eigenvalue weighted by molar-refractivity contribution is 0.0910. The summed E-state index contributed by atoms with van der Waals surface area (Å²) in [6.07, 6.45) is 0.786. The van der Waals surface area contributed by atoms with Gasteiger partial charge in [0.2, 0.25) is 0 Å². The third-order valence-electron chi connectivity index (χ3n) is 2.94. The van der Waals surface area contributed by atoms with E-state index in [1.807, 2.05) is 13.8 Å². The van der Waals surface area contributed by atoms with Crippen LogP contribution in [0.1, 0.15) is 30.6 Å². The molecule has 5 heteroatoms. The van der Waals surface area contributed by atoms with Crippen LogP contribution in [-0.4, -0.2) is 29.0 Å². The second-order valence-electron chi connectivity index (χ2n) is 4.39. The second kappa shape index (κ2) is 6.09. The molecule has 1 aromatic carbocycles. The molecule has 0 aliphatic carbocycles. The highest BCUT2D eigenvalue weighted by atomic mass is 79.9. The Kier molecular flexibility index (Phi) is 5.02. The number of alkyl halides is 1. The van der Waals surface area contributed by atoms with Crippen molar-refractivity contribution in [1.29, 1.82) is 0 Å². The van der Waals surface area contributed by atoms with Crippen molar-refractivity contribution < 1.29 is 14.6 Å². The van der Waals surface area contributed by atoms with Crippen LogP contribution < -0.4 is 10.1 Å². The summed E-state index contributed by atoms with van der Waals surface area (Å²) in [6, 6.07) is 4.58. The van der Waals surface area contributed by atoms with Crippen LogP contribution in [0.2, 0.25) is 0 Å². The van der Waals surface area contributed by atoms with Gasteiger partial charge in [0.25, 0.3) is 5.91 Å². The monoisotopic (exact) mass is 315 g/mol. The van der Waals surface area contributed by atoms with E-state index in [2.05, 4.69) is 21.2 Å². The molecular weight excluding hydrogens is 298 g/mol. The van der Waals surface area contributed by atoms with Gasteiger partial charge in [-0.1, -0.05) is 22.9 Å². The van der Waals surface area contributed by atoms with Gasteiger partial charge in [0.1, 0.15) is 11.5 Å². The molecule has 0 spiro atoms. The van der Waals surface area contributed by atoms with Crippen molar-refractivity contribution in [2.75, 3.05) is 12.4 Å². The quantitative estimate of drug-likeness (QED) is 0.821. The number of halogens is 1. The van der Waals surface area contributed by atoms with Gasteiger partial charge in [-0.05, 0) is 31.5 Å². The molecule has 0 saturated carbocycles. The van der Waals surface area contributed by atoms with E-state index < -0.39 is 0 Å². The Morgan fingerprint density at radius 2 is 2.22 bits per heavy atom. The van der Waals surface area contributed by atoms with Gasteiger partial charge in [-0.2, -0.15) is 0 Å². The fourth-order valence-corrected chi connectivity index (χ4v) is 1.92. The van der Waals surface area contributed by atoms with Crippen molar-refractivity contribution in [3.8, 4) is 11.5 Å². The summed E-state index contributed by atoms with van der Waals surface area (Å²) < 4.78 is 5.04. The first kappa shape index (κ1) is 14.8. The average molecular weight is 316 g/mol. The van der Waals surface area contributed by atoms with Crippen LogP contribution in [0.5, 0.6) is 11.5 Å². The number of methoxy groups -OCH3 is 1. The number of hydrogen-bond acceptors (Lipinski definition) is 3. The van der Waals surface area contributed by atoms with Crippen LogP contribution in [0.25, 0.3) is 0 Å². The van der Waals surface area contributed by atoms with Gasteiger partial charge in [0.05, 0.1) is 12.7 Å². The molecule has 1 atom stereocenters. The fraction of sp³-hybridized carbons (Fsp3) is 0.462. The van der Waals surface area contributed by atoms with E-state index >= 15 is 0 Å². The minimum absolute atomic E-state index is 0.0543. The number of phenols is 1. The highest BCUT2D eigenvalue weighted by Gasteiger charge is 2.24. The molecule has 0 saturated heterocycles. The highest BCUT2D eigenvalue weighted by molar-refractivity contribution is 9.09. The predicted octanol–water partition coefficient (Wildman–Crippen LogP) is 2.69. The third kappa shape index (κ3) is 3.38. The van der Waals surface area contributed by atoms with Crippen molar-refractivity contribution >= 4 is 21.8 Å². The molecule has 0 fully saturated rings. The molecule has 1 unspecified atom stereocenters. The maximum Gasteiger partial charge on any atom is 0.255 e. The Morgan fingerprint density at radius 3 is 2.72 bits per heavy atom. The lowest BCUT2D eigenvalue weighted by Gasteiger charge is -2.27. The lowest BCUT2D eigenvalue weighted by Crippen LogP contribution is -2.46. The van der Waals surface area contributed by atoms with Gasteiger partial charge >= 0.3 is 0 Å². The zero-order valence-electron chi connectivity index (χ0n) is 10.8. The largest absolute Gasteiger partial charge is 0.507 e. The maximum absolute atomic E-state index is 12.1. The summed E-state index contributed by atoms with van der Waals surface area (Å²) >= 11 is 3.38. The summed E-state index contributed by atoms with van der Waals surface area (Å²) in [5.41, 5.74) is -0.123. The Balaban J connectivity index is 2.97. The Morgan fingerprint density at radius 1 is 1.56 bits per heavy atom. The standard InChI is InChI=1S/C13H18BrNO3/c1-4-13(2,8-14)15-12(17)10-7-9(18-3)5-6-11(10)16/h5-7,16H,4,8H2,1-3H3,(H,15,17). The van der Waals surface area contributed by atoms with E-state index in [1.165, 1.54) is 19.2 Å². The summed E-state index contributed by atoms with van der Waals surface area (Å²) in [4.78, 5) is 12.1. The molecule has 1 rings (SSSR count). The van der Waals surface area contributed by atoms with Crippen molar-refractivity contribution in [3.05, 3.63) is 23.8 Å². The van der Waals surface area contributed by atoms with Gasteiger partial charge in [0.15, 0.2) is 0 Å². The van der Waals surface area contributed by atoms with Crippen LogP contribution in [-0.2, 0) is 0 Å². The smallest absolute Gasteiger partial charge is 0.255 e. The van der Waals surface area contributed by atoms with E-state index in [0.29, 0.717) is 11.1 Å². The number of rotatable bonds is 5. The lowest BCUT2D eigenvalue weighted by atomic mass is 10.0. The van der Waals surface area contributed by atoms with Crippen LogP contribution in [0, 0.1) is 0 Å². The molecule has 2 N–H and O–H groups in total. The van der Waals surface area contributed by atoms with Crippen molar-refractivity contribution in [1.82, 2.24) is 5.32 Å². The summed E-state index contributed by atoms with van der Waals surface area (Å²) in [7, 11) is 1.52. The molecule has 0 radical (unpaired) electrons. The molecule has 0 aliphatic heterocycles. The van der Waals surface area contributed by atoms with Gasteiger partial charge in [-0.3, -0.25) is 4.79 Å². The number of carbonyl (C=O) groups excluding carboxylic acids is 1. The van der Waals surface area contributed by atoms with Gasteiger partial charge in [0, 0.05) is 10.9 Å². The van der Waals surface area contributed by atoms with Crippen molar-refractivity contribution in [2.24, 2.45) is 0 Å². The van der Waals surface area contributed by atoms with Gasteiger partial charge in [-0.25, -0.2) is 0 Å². The van der Waals surface area contributed by atoms with Crippen LogP contribution >= 0.6 is 15.9 Å². The van der Waals surface area contributed by atoms with Crippen LogP contribution in [0.4, 0.5) is 0 Å². The first-order valence-corrected chi connectivity index (χ1v) is 6.83. The Bertz CT molecular complexity index is 430. The number of nitrogens with one attached hydrogen (secondary N) is 1. The predicted molar refractivity (Wildman–Crippen MR) is 74.6 cm³/mol. The van der Waals surface area contributed by atoms with Gasteiger partial charge in [-0.15, -0.1) is 0 Å². The minimum Gasteiger partial charge on any atom is -0.507 e. The van der Waals surface area contributed by atoms with Crippen LogP contribution in [0.15, 0.2) is 18.2 Å². The molecule has 1 aromatic rings. The molecule has 0 bridgehead atoms. The molecule has 0 aliphatic rings. The van der Waals surface area contributed by atoms with Crippen molar-refractivity contribution in [2.45, 2.75) is 25.8 Å². The highest BCUT2D eigenvalue weighted by Crippen LogP contribution is 2.24. The molecular formula is C13H18BrNO3. The Hall–Kier alpha value is -1.23. The summed E-state index contributed by atoms with van der Waals surface area (Å²) in [5, 5.41) is 13.3. The second-order valence-corrected chi connectivity index (χ2v) is 4.95. The fourth-order valence-electron chi connectivity index (χ4n) is 1.38. The first-order valence-electron chi connectivity index (χ1n) is 5.71. The van der Waals surface area contributed by atoms with E-state index in [1.54, 1.807) is 6.07 Å². The number of ether oxygens (including phenoxy) is 1. The summed E-state index contributed by atoms with van der Waals surface area (Å²) in [5.74, 6) is 0.173. The third-order valence-corrected chi connectivity index (χ3v) is 4.18. The zero-order valence-corrected chi connectivity index (χ0v) is 12.4. The normalized spacial score (nSPS) is 13.8. The average Bonchev–Trinajstić information content (AvgIpc) is 2.39. The molecule has 1 amide bonds. The molecule has 18 heavy (non-hydrogen) atoms. The summed E-state index contributed by atoms with van der Waals surface area (Å²) in [6.45, 7) is 3.93. The molecule has 4 nitrogen and oxygen atoms in total. The molecule has 0 heterocycles. The Labute approximate surface area is 115 Å². The zero-order chi connectivity index (χ0) is 13.8. The molecule has 100 valence electrons. The number of hydrogen-bond donors (Lipinski definition) is 2. The topological polar surface area (TPSA) is 58.6 Å². The number of carbonyl (C=O) groups is 1. The van der Waals surface area contributed by atoms with E-state index in [4.69, 9.17) is 4.74 Å². The first-order chi connectivity index (χ1) is 8.45. The van der Waals surface area contributed by atoms with E-state index in [-0.39, 0.29) is 22.8 Å². The number of aromatic hydroxyl groups is 1. The minimum atomic E-state index is -0.341. The van der Waals surface area contributed by atoms with E-state index in [9.17, 15) is 9.90 Å². The SMILES string of the molecule is CCC(C)(CBr)NC(=O)c1cc(OC)ccc1O. The van der Waals surface area contributed by atoms with Crippen LogP contribution in [0.3, 0.4) is 0 Å². The maximum atomic E-state index is 12.1. The van der Waals surface area contributed by atoms with E-state index in [0.717, 1.165) is 6.42 Å². The number of benzene rings is 1.